The molecule has 0 atom stereocenters. The summed E-state index contributed by atoms with van der Waals surface area (Å²) in [6.45, 7) is 0.272. The summed E-state index contributed by atoms with van der Waals surface area (Å²) in [5.74, 6) is 0. The van der Waals surface area contributed by atoms with Crippen molar-refractivity contribution >= 4 is 17.1 Å². The quantitative estimate of drug-likeness (QED) is 0.573. The van der Waals surface area contributed by atoms with E-state index >= 15 is 0 Å². The van der Waals surface area contributed by atoms with Crippen LogP contribution in [0.25, 0.3) is 0 Å². The fourth-order valence-corrected chi connectivity index (χ4v) is 1.66. The van der Waals surface area contributed by atoms with E-state index in [9.17, 15) is 0 Å². The highest BCUT2D eigenvalue weighted by atomic mass is 32.1. The first-order valence-electron chi connectivity index (χ1n) is 4.99. The van der Waals surface area contributed by atoms with E-state index in [1.165, 1.54) is 5.56 Å². The number of benzene rings is 1. The largest absolute Gasteiger partial charge is 0.396 e. The first-order chi connectivity index (χ1) is 6.83. The normalized spacial score (nSPS) is 10.1. The van der Waals surface area contributed by atoms with Crippen molar-refractivity contribution in [3.8, 4) is 0 Å². The highest BCUT2D eigenvalue weighted by Crippen LogP contribution is 2.06. The predicted molar refractivity (Wildman–Crippen MR) is 63.7 cm³/mol. The lowest BCUT2D eigenvalue weighted by atomic mass is 10.1. The smallest absolute Gasteiger partial charge is 0.0431 e. The molecule has 0 aliphatic heterocycles. The van der Waals surface area contributed by atoms with Crippen molar-refractivity contribution in [2.75, 3.05) is 6.61 Å². The third kappa shape index (κ3) is 4.49. The van der Waals surface area contributed by atoms with Crippen LogP contribution in [0.5, 0.6) is 0 Å². The Hall–Kier alpha value is -0.730. The fourth-order valence-electron chi connectivity index (χ4n) is 1.35. The molecule has 1 N–H and O–H groups in total. The molecule has 0 unspecified atom stereocenters. The summed E-state index contributed by atoms with van der Waals surface area (Å²) in [5.41, 5.74) is 1.28. The molecular weight excluding hydrogens is 192 g/mol. The highest BCUT2D eigenvalue weighted by molar-refractivity contribution is 7.80. The second-order valence-corrected chi connectivity index (χ2v) is 3.96. The van der Waals surface area contributed by atoms with Gasteiger partial charge in [-0.05, 0) is 29.7 Å². The van der Waals surface area contributed by atoms with Crippen LogP contribution in [0.2, 0.25) is 0 Å². The van der Waals surface area contributed by atoms with Crippen molar-refractivity contribution in [1.29, 1.82) is 0 Å². The summed E-state index contributed by atoms with van der Waals surface area (Å²) < 4.78 is 0. The van der Waals surface area contributed by atoms with Gasteiger partial charge in [0.05, 0.1) is 0 Å². The van der Waals surface area contributed by atoms with E-state index in [0.29, 0.717) is 0 Å². The molecule has 0 radical (unpaired) electrons. The molecule has 1 aromatic rings. The topological polar surface area (TPSA) is 20.2 Å². The van der Waals surface area contributed by atoms with Crippen LogP contribution in [0.3, 0.4) is 0 Å². The van der Waals surface area contributed by atoms with E-state index in [4.69, 9.17) is 17.3 Å². The van der Waals surface area contributed by atoms with Crippen LogP contribution in [0.4, 0.5) is 0 Å². The Balaban J connectivity index is 2.27. The monoisotopic (exact) mass is 208 g/mol. The van der Waals surface area contributed by atoms with Gasteiger partial charge in [-0.25, -0.2) is 0 Å². The van der Waals surface area contributed by atoms with Gasteiger partial charge < -0.3 is 5.11 Å². The molecule has 0 fully saturated rings. The van der Waals surface area contributed by atoms with Crippen LogP contribution >= 0.6 is 12.2 Å². The maximum absolute atomic E-state index is 8.63. The van der Waals surface area contributed by atoms with Gasteiger partial charge in [-0.1, -0.05) is 42.5 Å². The lowest BCUT2D eigenvalue weighted by molar-refractivity contribution is 0.285. The van der Waals surface area contributed by atoms with E-state index in [-0.39, 0.29) is 6.61 Å². The highest BCUT2D eigenvalue weighted by Gasteiger charge is 1.98. The Morgan fingerprint density at radius 3 is 2.50 bits per heavy atom. The summed E-state index contributed by atoms with van der Waals surface area (Å²) in [5, 5.41) is 8.63. The van der Waals surface area contributed by atoms with Crippen molar-refractivity contribution < 1.29 is 5.11 Å². The molecule has 0 aromatic heterocycles. The zero-order valence-electron chi connectivity index (χ0n) is 8.28. The molecule has 0 saturated carbocycles. The third-order valence-corrected chi connectivity index (χ3v) is 2.46. The number of thiocarbonyl (C=S) groups is 1. The van der Waals surface area contributed by atoms with Crippen LogP contribution in [-0.4, -0.2) is 16.6 Å². The molecule has 0 amide bonds. The molecule has 0 bridgehead atoms. The van der Waals surface area contributed by atoms with Crippen molar-refractivity contribution in [1.82, 2.24) is 0 Å². The van der Waals surface area contributed by atoms with E-state index in [1.54, 1.807) is 0 Å². The van der Waals surface area contributed by atoms with Crippen LogP contribution in [-0.2, 0) is 6.42 Å². The van der Waals surface area contributed by atoms with Crippen molar-refractivity contribution in [2.24, 2.45) is 0 Å². The van der Waals surface area contributed by atoms with Gasteiger partial charge in [0.2, 0.25) is 0 Å². The number of unbranched alkanes of at least 4 members (excludes halogenated alkanes) is 1. The molecule has 1 aromatic carbocycles. The summed E-state index contributed by atoms with van der Waals surface area (Å²) in [7, 11) is 0. The molecule has 1 rings (SSSR count). The maximum atomic E-state index is 8.63. The van der Waals surface area contributed by atoms with Gasteiger partial charge in [0.15, 0.2) is 0 Å². The summed E-state index contributed by atoms with van der Waals surface area (Å²) in [4.78, 5) is 1.09. The molecule has 0 aliphatic rings. The zero-order valence-corrected chi connectivity index (χ0v) is 9.09. The van der Waals surface area contributed by atoms with Gasteiger partial charge in [0.25, 0.3) is 0 Å². The first-order valence-corrected chi connectivity index (χ1v) is 5.40. The summed E-state index contributed by atoms with van der Waals surface area (Å²) >= 11 is 5.27. The Bertz CT molecular complexity index is 269. The number of rotatable bonds is 6. The molecular formula is C12H16OS. The minimum atomic E-state index is 0.272. The van der Waals surface area contributed by atoms with E-state index in [1.807, 2.05) is 18.2 Å². The van der Waals surface area contributed by atoms with Crippen LogP contribution in [0, 0.1) is 0 Å². The third-order valence-electron chi connectivity index (χ3n) is 2.11. The van der Waals surface area contributed by atoms with Crippen LogP contribution in [0.1, 0.15) is 24.8 Å². The van der Waals surface area contributed by atoms with Gasteiger partial charge in [-0.2, -0.15) is 0 Å². The second kappa shape index (κ2) is 6.68. The molecule has 0 spiro atoms. The molecule has 0 saturated heterocycles. The van der Waals surface area contributed by atoms with Gasteiger partial charge in [-0.3, -0.25) is 0 Å². The number of hydrogen-bond donors (Lipinski definition) is 1. The number of aliphatic hydroxyl groups excluding tert-OH is 1. The lowest BCUT2D eigenvalue weighted by Crippen LogP contribution is -2.00. The minimum absolute atomic E-state index is 0.272. The molecule has 14 heavy (non-hydrogen) atoms. The van der Waals surface area contributed by atoms with Gasteiger partial charge in [0.1, 0.15) is 0 Å². The van der Waals surface area contributed by atoms with Crippen LogP contribution < -0.4 is 0 Å². The van der Waals surface area contributed by atoms with E-state index < -0.39 is 0 Å². The Morgan fingerprint density at radius 2 is 1.86 bits per heavy atom. The second-order valence-electron chi connectivity index (χ2n) is 3.38. The standard InChI is InChI=1S/C12H16OS/c13-9-5-4-8-12(14)10-11-6-2-1-3-7-11/h1-3,6-7,13H,4-5,8-10H2. The van der Waals surface area contributed by atoms with Crippen LogP contribution in [0.15, 0.2) is 30.3 Å². The van der Waals surface area contributed by atoms with Gasteiger partial charge in [-0.15, -0.1) is 0 Å². The summed E-state index contributed by atoms with van der Waals surface area (Å²) in [6.07, 6.45) is 3.70. The number of hydrogen-bond acceptors (Lipinski definition) is 2. The Morgan fingerprint density at radius 1 is 1.14 bits per heavy atom. The van der Waals surface area contributed by atoms with E-state index in [2.05, 4.69) is 12.1 Å². The Kier molecular flexibility index (Phi) is 5.42. The molecule has 0 aliphatic carbocycles. The number of aliphatic hydroxyl groups is 1. The first kappa shape index (κ1) is 11.3. The minimum Gasteiger partial charge on any atom is -0.396 e. The molecule has 2 heteroatoms. The Labute approximate surface area is 90.8 Å². The van der Waals surface area contributed by atoms with Crippen molar-refractivity contribution in [3.05, 3.63) is 35.9 Å². The zero-order chi connectivity index (χ0) is 10.2. The molecule has 76 valence electrons. The van der Waals surface area contributed by atoms with Gasteiger partial charge >= 0.3 is 0 Å². The molecule has 0 heterocycles. The van der Waals surface area contributed by atoms with Gasteiger partial charge in [0, 0.05) is 13.0 Å². The molecule has 1 nitrogen and oxygen atoms in total. The average molecular weight is 208 g/mol. The lowest BCUT2D eigenvalue weighted by Gasteiger charge is -2.02. The summed E-state index contributed by atoms with van der Waals surface area (Å²) in [6, 6.07) is 10.3. The van der Waals surface area contributed by atoms with Crippen molar-refractivity contribution in [3.63, 3.8) is 0 Å². The predicted octanol–water partition coefficient (Wildman–Crippen LogP) is 2.76. The van der Waals surface area contributed by atoms with E-state index in [0.717, 1.165) is 30.5 Å². The average Bonchev–Trinajstić information content (AvgIpc) is 2.20. The van der Waals surface area contributed by atoms with Crippen molar-refractivity contribution in [2.45, 2.75) is 25.7 Å². The fraction of sp³-hybridized carbons (Fsp3) is 0.417. The SMILES string of the molecule is OCCCCC(=S)Cc1ccccc1. The maximum Gasteiger partial charge on any atom is 0.0431 e.